The fourth-order valence-corrected chi connectivity index (χ4v) is 3.66. The van der Waals surface area contributed by atoms with E-state index in [4.69, 9.17) is 49.0 Å². The van der Waals surface area contributed by atoms with Gasteiger partial charge < -0.3 is 55.1 Å². The summed E-state index contributed by atoms with van der Waals surface area (Å²) in [5, 5.41) is 75.3. The maximum atomic E-state index is 10.4. The molecule has 26 heavy (non-hydrogen) atoms. The maximum Gasteiger partial charge on any atom is 0.277 e. The summed E-state index contributed by atoms with van der Waals surface area (Å²) < 4.78 is 12.1. The Morgan fingerprint density at radius 1 is 0.962 bits per heavy atom. The van der Waals surface area contributed by atoms with Crippen LogP contribution in [0.15, 0.2) is 0 Å². The van der Waals surface area contributed by atoms with Crippen molar-refractivity contribution in [1.82, 2.24) is 0 Å². The summed E-state index contributed by atoms with van der Waals surface area (Å²) >= 11 is 17.0. The second-order valence-electron chi connectivity index (χ2n) is 5.93. The van der Waals surface area contributed by atoms with E-state index in [1.54, 1.807) is 0 Å². The van der Waals surface area contributed by atoms with E-state index in [1.165, 1.54) is 0 Å². The largest absolute Gasteiger partial charge is 0.394 e. The third kappa shape index (κ3) is 3.44. The summed E-state index contributed by atoms with van der Waals surface area (Å²) in [6, 6.07) is 0. The summed E-state index contributed by atoms with van der Waals surface area (Å²) in [5.74, 6) is -3.09. The normalized spacial score (nSPS) is 50.2. The highest BCUT2D eigenvalue weighted by molar-refractivity contribution is 6.48. The van der Waals surface area contributed by atoms with Gasteiger partial charge in [0.25, 0.3) is 10.3 Å². The number of ether oxygens (including phenoxy) is 3. The van der Waals surface area contributed by atoms with Crippen molar-refractivity contribution in [3.63, 3.8) is 0 Å². The lowest BCUT2D eigenvalue weighted by Gasteiger charge is -2.47. The van der Waals surface area contributed by atoms with Gasteiger partial charge in [-0.3, -0.25) is 0 Å². The summed E-state index contributed by atoms with van der Waals surface area (Å²) in [6.45, 7) is -1.71. The summed E-state index contributed by atoms with van der Waals surface area (Å²) in [6.07, 6.45) is -12.7. The first-order valence-corrected chi connectivity index (χ1v) is 8.44. The highest BCUT2D eigenvalue weighted by atomic mass is 35.5. The summed E-state index contributed by atoms with van der Waals surface area (Å²) in [5.41, 5.74) is 0. The zero-order valence-electron chi connectivity index (χ0n) is 12.9. The zero-order valence-corrected chi connectivity index (χ0v) is 15.2. The second-order valence-corrected chi connectivity index (χ2v) is 7.79. The van der Waals surface area contributed by atoms with Crippen molar-refractivity contribution >= 4 is 34.8 Å². The van der Waals surface area contributed by atoms with Crippen LogP contribution in [0.2, 0.25) is 0 Å². The molecule has 154 valence electrons. The Balaban J connectivity index is 2.41. The lowest BCUT2D eigenvalue weighted by molar-refractivity contribution is -0.398. The second kappa shape index (κ2) is 7.69. The van der Waals surface area contributed by atoms with Crippen LogP contribution in [0.1, 0.15) is 0 Å². The molecule has 2 heterocycles. The van der Waals surface area contributed by atoms with Crippen molar-refractivity contribution in [2.45, 2.75) is 58.3 Å². The molecule has 0 spiro atoms. The fraction of sp³-hybridized carbons (Fsp3) is 1.00. The molecule has 2 aliphatic heterocycles. The minimum atomic E-state index is -3.17. The molecule has 8 N–H and O–H groups in total. The average Bonchev–Trinajstić information content (AvgIpc) is 2.75. The van der Waals surface area contributed by atoms with Gasteiger partial charge in [0.05, 0.1) is 13.2 Å². The standard InChI is InChI=1S/C12H19Cl3O11/c13-10(22)8(21)4(2-17)25-11(10,12(14,15)23)26-9-7(20)6(19)5(18)3(1-16)24-9/h3-9,16-23H,1-2H2/t3-,4-,5-,6+,7-,8-,9-,10+,11-/m1/s1. The summed E-state index contributed by atoms with van der Waals surface area (Å²) in [4.78, 5) is 0. The molecule has 0 unspecified atom stereocenters. The van der Waals surface area contributed by atoms with Gasteiger partial charge in [-0.05, 0) is 0 Å². The lowest BCUT2D eigenvalue weighted by atomic mass is 9.98. The van der Waals surface area contributed by atoms with Crippen LogP contribution in [0.4, 0.5) is 0 Å². The van der Waals surface area contributed by atoms with Gasteiger partial charge >= 0.3 is 0 Å². The maximum absolute atomic E-state index is 10.4. The van der Waals surface area contributed by atoms with Crippen molar-refractivity contribution in [2.24, 2.45) is 0 Å². The fourth-order valence-electron chi connectivity index (χ4n) is 2.73. The van der Waals surface area contributed by atoms with E-state index in [0.29, 0.717) is 0 Å². The molecule has 14 heteroatoms. The molecule has 2 rings (SSSR count). The third-order valence-electron chi connectivity index (χ3n) is 4.23. The van der Waals surface area contributed by atoms with Crippen LogP contribution >= 0.6 is 34.8 Å². The first kappa shape index (κ1) is 22.7. The van der Waals surface area contributed by atoms with Crippen molar-refractivity contribution < 1.29 is 55.1 Å². The van der Waals surface area contributed by atoms with Gasteiger partial charge in [-0.15, -0.1) is 0 Å². The van der Waals surface area contributed by atoms with E-state index in [-0.39, 0.29) is 0 Å². The van der Waals surface area contributed by atoms with Gasteiger partial charge in [0, 0.05) is 0 Å². The molecular formula is C12H19Cl3O11. The van der Waals surface area contributed by atoms with E-state index in [1.807, 2.05) is 0 Å². The Hall–Kier alpha value is 0.430. The molecule has 11 nitrogen and oxygen atoms in total. The molecule has 2 fully saturated rings. The van der Waals surface area contributed by atoms with Gasteiger partial charge in [0.1, 0.15) is 36.6 Å². The Morgan fingerprint density at radius 2 is 1.50 bits per heavy atom. The number of aliphatic hydroxyl groups is 8. The van der Waals surface area contributed by atoms with Crippen LogP contribution in [0.25, 0.3) is 0 Å². The van der Waals surface area contributed by atoms with E-state index < -0.39 is 71.5 Å². The third-order valence-corrected chi connectivity index (χ3v) is 5.20. The van der Waals surface area contributed by atoms with Crippen molar-refractivity contribution in [1.29, 1.82) is 0 Å². The molecule has 2 aliphatic rings. The molecule has 0 aromatic rings. The van der Waals surface area contributed by atoms with Crippen LogP contribution in [-0.2, 0) is 14.2 Å². The van der Waals surface area contributed by atoms with Crippen LogP contribution < -0.4 is 0 Å². The summed E-state index contributed by atoms with van der Waals surface area (Å²) in [7, 11) is 0. The van der Waals surface area contributed by atoms with Gasteiger partial charge in [-0.1, -0.05) is 34.8 Å². The number of hydrogen-bond acceptors (Lipinski definition) is 11. The van der Waals surface area contributed by atoms with Gasteiger partial charge in [0.2, 0.25) is 5.06 Å². The smallest absolute Gasteiger partial charge is 0.277 e. The minimum Gasteiger partial charge on any atom is -0.394 e. The quantitative estimate of drug-likeness (QED) is 0.194. The molecule has 0 aromatic heterocycles. The Morgan fingerprint density at radius 3 is 1.92 bits per heavy atom. The van der Waals surface area contributed by atoms with Crippen LogP contribution in [0, 0.1) is 0 Å². The first-order chi connectivity index (χ1) is 11.8. The molecule has 0 amide bonds. The van der Waals surface area contributed by atoms with Crippen LogP contribution in [-0.4, -0.2) is 112 Å². The molecule has 2 saturated heterocycles. The molecular weight excluding hydrogens is 426 g/mol. The van der Waals surface area contributed by atoms with Crippen LogP contribution in [0.5, 0.6) is 0 Å². The van der Waals surface area contributed by atoms with Crippen molar-refractivity contribution in [3.05, 3.63) is 0 Å². The van der Waals surface area contributed by atoms with E-state index in [9.17, 15) is 40.9 Å². The van der Waals surface area contributed by atoms with Gasteiger partial charge in [-0.2, -0.15) is 0 Å². The van der Waals surface area contributed by atoms with Gasteiger partial charge in [0.15, 0.2) is 6.29 Å². The number of alkyl halides is 3. The predicted octanol–water partition coefficient (Wildman–Crippen LogP) is -3.70. The molecule has 0 aliphatic carbocycles. The topological polar surface area (TPSA) is 190 Å². The number of halogens is 3. The Labute approximate surface area is 161 Å². The minimum absolute atomic E-state index is 0.808. The van der Waals surface area contributed by atoms with Crippen molar-refractivity contribution in [2.75, 3.05) is 13.2 Å². The first-order valence-electron chi connectivity index (χ1n) is 7.30. The molecule has 0 saturated carbocycles. The SMILES string of the molecule is OC[C@H]1O[C@H](O[C@]2(C(O)(Cl)Cl)O[C@H](CO)[C@@H](O)[C@@]2(O)Cl)[C@H](O)[C@@H](O)[C@@H]1O. The average molecular weight is 446 g/mol. The predicted molar refractivity (Wildman–Crippen MR) is 83.0 cm³/mol. The van der Waals surface area contributed by atoms with E-state index in [0.717, 1.165) is 0 Å². The van der Waals surface area contributed by atoms with Crippen LogP contribution in [0.3, 0.4) is 0 Å². The number of rotatable bonds is 5. The molecule has 0 bridgehead atoms. The number of aliphatic hydroxyl groups excluding tert-OH is 6. The lowest BCUT2D eigenvalue weighted by Crippen LogP contribution is -2.68. The van der Waals surface area contributed by atoms with Gasteiger partial charge in [-0.25, -0.2) is 0 Å². The zero-order chi connectivity index (χ0) is 20.1. The Bertz CT molecular complexity index is 501. The molecule has 0 aromatic carbocycles. The molecule has 9 atom stereocenters. The van der Waals surface area contributed by atoms with E-state index in [2.05, 4.69) is 0 Å². The van der Waals surface area contributed by atoms with Crippen molar-refractivity contribution in [3.8, 4) is 0 Å². The molecule has 0 radical (unpaired) electrons. The number of hydrogen-bond donors (Lipinski definition) is 8. The monoisotopic (exact) mass is 444 g/mol. The van der Waals surface area contributed by atoms with E-state index >= 15 is 0 Å². The Kier molecular flexibility index (Phi) is 6.72. The highest BCUT2D eigenvalue weighted by Crippen LogP contribution is 2.53. The highest BCUT2D eigenvalue weighted by Gasteiger charge is 2.75.